The van der Waals surface area contributed by atoms with Crippen LogP contribution >= 0.6 is 0 Å². The van der Waals surface area contributed by atoms with Crippen molar-refractivity contribution in [2.45, 2.75) is 45.3 Å². The van der Waals surface area contributed by atoms with Crippen LogP contribution in [-0.2, 0) is 13.0 Å². The van der Waals surface area contributed by atoms with Gasteiger partial charge in [-0.15, -0.1) is 0 Å². The lowest BCUT2D eigenvalue weighted by atomic mass is 9.91. The summed E-state index contributed by atoms with van der Waals surface area (Å²) in [6.45, 7) is 7.82. The van der Waals surface area contributed by atoms with Crippen LogP contribution < -0.4 is 25.0 Å². The molecule has 2 aromatic rings. The maximum absolute atomic E-state index is 13.7. The third-order valence-corrected chi connectivity index (χ3v) is 5.50. The molecule has 1 aliphatic heterocycles. The Morgan fingerprint density at radius 1 is 1.16 bits per heavy atom. The van der Waals surface area contributed by atoms with Crippen LogP contribution in [0.4, 0.5) is 9.18 Å². The molecule has 3 N–H and O–H groups in total. The van der Waals surface area contributed by atoms with E-state index >= 15 is 0 Å². The van der Waals surface area contributed by atoms with Crippen molar-refractivity contribution in [2.24, 2.45) is 0 Å². The predicted molar refractivity (Wildman–Crippen MR) is 118 cm³/mol. The Morgan fingerprint density at radius 3 is 2.52 bits per heavy atom. The number of hydrogen-bond donors (Lipinski definition) is 3. The number of urea groups is 1. The second-order valence-corrected chi connectivity index (χ2v) is 9.01. The van der Waals surface area contributed by atoms with E-state index in [0.29, 0.717) is 24.6 Å². The number of nitrogens with one attached hydrogen (secondary N) is 3. The summed E-state index contributed by atoms with van der Waals surface area (Å²) in [7, 11) is 3.25. The van der Waals surface area contributed by atoms with Gasteiger partial charge in [-0.25, -0.2) is 9.18 Å². The number of halogens is 1. The summed E-state index contributed by atoms with van der Waals surface area (Å²) in [5.74, 6) is 1.13. The van der Waals surface area contributed by atoms with Gasteiger partial charge in [0.25, 0.3) is 0 Å². The van der Waals surface area contributed by atoms with Crippen LogP contribution in [0.1, 0.15) is 43.5 Å². The fraction of sp³-hybridized carbons (Fsp3) is 0.458. The van der Waals surface area contributed by atoms with Gasteiger partial charge in [0.1, 0.15) is 18.4 Å². The lowest BCUT2D eigenvalue weighted by Crippen LogP contribution is -3.12. The van der Waals surface area contributed by atoms with Gasteiger partial charge in [-0.05, 0) is 50.6 Å². The number of rotatable bonds is 6. The van der Waals surface area contributed by atoms with Gasteiger partial charge in [-0.3, -0.25) is 0 Å². The van der Waals surface area contributed by atoms with Crippen LogP contribution in [0, 0.1) is 5.82 Å². The molecule has 0 bridgehead atoms. The van der Waals surface area contributed by atoms with Crippen LogP contribution in [0.25, 0.3) is 0 Å². The Hall–Kier alpha value is -2.80. The highest BCUT2D eigenvalue weighted by molar-refractivity contribution is 5.74. The molecule has 31 heavy (non-hydrogen) atoms. The predicted octanol–water partition coefficient (Wildman–Crippen LogP) is 2.62. The summed E-state index contributed by atoms with van der Waals surface area (Å²) in [4.78, 5) is 13.7. The number of amides is 2. The van der Waals surface area contributed by atoms with Gasteiger partial charge < -0.3 is 25.0 Å². The summed E-state index contributed by atoms with van der Waals surface area (Å²) in [6, 6.07) is 10.5. The first kappa shape index (κ1) is 22.9. The second kappa shape index (κ2) is 9.56. The van der Waals surface area contributed by atoms with Gasteiger partial charge in [0.2, 0.25) is 0 Å². The van der Waals surface area contributed by atoms with Gasteiger partial charge in [-0.2, -0.15) is 0 Å². The van der Waals surface area contributed by atoms with Gasteiger partial charge in [-0.1, -0.05) is 12.1 Å². The highest BCUT2D eigenvalue weighted by Gasteiger charge is 2.33. The lowest BCUT2D eigenvalue weighted by molar-refractivity contribution is -0.945. The molecule has 1 aliphatic rings. The molecule has 2 atom stereocenters. The summed E-state index contributed by atoms with van der Waals surface area (Å²) < 4.78 is 24.7. The monoisotopic (exact) mass is 430 g/mol. The van der Waals surface area contributed by atoms with Crippen molar-refractivity contribution >= 4 is 6.03 Å². The quantitative estimate of drug-likeness (QED) is 0.660. The van der Waals surface area contributed by atoms with Gasteiger partial charge in [0.15, 0.2) is 11.5 Å². The van der Waals surface area contributed by atoms with Gasteiger partial charge >= 0.3 is 6.03 Å². The van der Waals surface area contributed by atoms with Gasteiger partial charge in [0, 0.05) is 23.1 Å². The molecule has 0 spiro atoms. The Balaban J connectivity index is 1.89. The largest absolute Gasteiger partial charge is 0.493 e. The van der Waals surface area contributed by atoms with Crippen LogP contribution in [-0.4, -0.2) is 38.9 Å². The lowest BCUT2D eigenvalue weighted by Gasteiger charge is -2.35. The van der Waals surface area contributed by atoms with E-state index in [0.717, 1.165) is 24.1 Å². The summed E-state index contributed by atoms with van der Waals surface area (Å²) in [5.41, 5.74) is 2.91. The van der Waals surface area contributed by atoms with E-state index in [4.69, 9.17) is 9.47 Å². The third kappa shape index (κ3) is 5.88. The number of quaternary nitrogens is 1. The van der Waals surface area contributed by atoms with E-state index in [-0.39, 0.29) is 23.4 Å². The van der Waals surface area contributed by atoms with E-state index in [1.54, 1.807) is 26.4 Å². The third-order valence-electron chi connectivity index (χ3n) is 5.50. The highest BCUT2D eigenvalue weighted by Crippen LogP contribution is 2.34. The molecule has 3 rings (SSSR count). The smallest absolute Gasteiger partial charge is 0.315 e. The van der Waals surface area contributed by atoms with Crippen molar-refractivity contribution in [3.63, 3.8) is 0 Å². The molecule has 6 nitrogen and oxygen atoms in total. The van der Waals surface area contributed by atoms with E-state index in [2.05, 4.69) is 10.6 Å². The number of benzene rings is 2. The summed E-state index contributed by atoms with van der Waals surface area (Å²) in [5, 5.41) is 5.97. The normalized spacial score (nSPS) is 18.1. The van der Waals surface area contributed by atoms with Crippen LogP contribution in [0.2, 0.25) is 0 Å². The Labute approximate surface area is 183 Å². The van der Waals surface area contributed by atoms with Crippen molar-refractivity contribution in [3.8, 4) is 11.5 Å². The topological polar surface area (TPSA) is 64.0 Å². The molecule has 1 heterocycles. The highest BCUT2D eigenvalue weighted by atomic mass is 19.1. The van der Waals surface area contributed by atoms with E-state index in [1.807, 2.05) is 39.0 Å². The molecule has 1 unspecified atom stereocenters. The molecule has 0 radical (unpaired) electrons. The van der Waals surface area contributed by atoms with Crippen molar-refractivity contribution in [1.82, 2.24) is 10.6 Å². The van der Waals surface area contributed by atoms with Crippen LogP contribution in [0.3, 0.4) is 0 Å². The molecule has 2 amide bonds. The minimum atomic E-state index is -0.320. The molecule has 0 saturated heterocycles. The minimum Gasteiger partial charge on any atom is -0.493 e. The standard InChI is InChI=1S/C24H32FN3O3/c1-24(2,3)27-23(29)26-14-20-19-13-22(31-5)21(30-4)12-17(19)9-10-28(20)15-16-7-6-8-18(25)11-16/h6-8,11-13,20H,9-10,14-15H2,1-5H3,(H2,26,27,29)/p+1/t20-/m0/s1. The van der Waals surface area contributed by atoms with Crippen molar-refractivity contribution in [1.29, 1.82) is 0 Å². The Bertz CT molecular complexity index is 927. The molecule has 2 aromatic carbocycles. The van der Waals surface area contributed by atoms with E-state index in [9.17, 15) is 9.18 Å². The molecule has 0 aromatic heterocycles. The zero-order chi connectivity index (χ0) is 22.6. The van der Waals surface area contributed by atoms with Crippen molar-refractivity contribution in [2.75, 3.05) is 27.3 Å². The molecule has 0 fully saturated rings. The Kier molecular flexibility index (Phi) is 7.05. The van der Waals surface area contributed by atoms with Crippen molar-refractivity contribution < 1.29 is 23.6 Å². The zero-order valence-corrected chi connectivity index (χ0v) is 19.0. The molecule has 0 aliphatic carbocycles. The average Bonchev–Trinajstić information content (AvgIpc) is 2.70. The summed E-state index contributed by atoms with van der Waals surface area (Å²) >= 11 is 0. The van der Waals surface area contributed by atoms with E-state index < -0.39 is 0 Å². The zero-order valence-electron chi connectivity index (χ0n) is 19.0. The first-order valence-electron chi connectivity index (χ1n) is 10.6. The van der Waals surface area contributed by atoms with E-state index in [1.165, 1.54) is 16.5 Å². The summed E-state index contributed by atoms with van der Waals surface area (Å²) in [6.07, 6.45) is 0.866. The second-order valence-electron chi connectivity index (χ2n) is 9.01. The number of carbonyl (C=O) groups excluding carboxylic acids is 1. The number of fused-ring (bicyclic) bond motifs is 1. The maximum Gasteiger partial charge on any atom is 0.315 e. The minimum absolute atomic E-state index is 0.00228. The number of carbonyl (C=O) groups is 1. The number of methoxy groups -OCH3 is 2. The molecular weight excluding hydrogens is 397 g/mol. The van der Waals surface area contributed by atoms with Crippen molar-refractivity contribution in [3.05, 3.63) is 58.9 Å². The van der Waals surface area contributed by atoms with Crippen LogP contribution in [0.5, 0.6) is 11.5 Å². The SMILES string of the molecule is COc1cc2c(cc1OC)[C@H](CNC(=O)NC(C)(C)C)[NH+](Cc1cccc(F)c1)CC2. The Morgan fingerprint density at radius 2 is 1.87 bits per heavy atom. The molecule has 7 heteroatoms. The first-order chi connectivity index (χ1) is 14.7. The van der Waals surface area contributed by atoms with Gasteiger partial charge in [0.05, 0.1) is 27.3 Å². The first-order valence-corrected chi connectivity index (χ1v) is 10.6. The average molecular weight is 431 g/mol. The van der Waals surface area contributed by atoms with Crippen LogP contribution in [0.15, 0.2) is 36.4 Å². The fourth-order valence-electron chi connectivity index (χ4n) is 4.12. The molecule has 0 saturated carbocycles. The maximum atomic E-state index is 13.7. The number of ether oxygens (including phenoxy) is 2. The fourth-order valence-corrected chi connectivity index (χ4v) is 4.12. The molecule has 168 valence electrons. The number of hydrogen-bond acceptors (Lipinski definition) is 3. The molecular formula is C24H33FN3O3+.